The van der Waals surface area contributed by atoms with Gasteiger partial charge < -0.3 is 5.32 Å². The summed E-state index contributed by atoms with van der Waals surface area (Å²) in [5.41, 5.74) is 0.837. The van der Waals surface area contributed by atoms with Gasteiger partial charge in [-0.05, 0) is 42.0 Å². The fraction of sp³-hybridized carbons (Fsp3) is 0.105. The molecule has 1 N–H and O–H groups in total. The number of nitrogens with one attached hydrogen (secondary N) is 1. The minimum absolute atomic E-state index is 0.0177. The number of benzene rings is 3. The number of thioether (sulfide) groups is 1. The molecule has 0 saturated carbocycles. The number of amides is 1. The fourth-order valence-electron chi connectivity index (χ4n) is 2.27. The fourth-order valence-corrected chi connectivity index (χ4v) is 3.16. The van der Waals surface area contributed by atoms with Crippen molar-refractivity contribution in [3.05, 3.63) is 72.8 Å². The van der Waals surface area contributed by atoms with E-state index in [0.717, 1.165) is 16.0 Å². The molecule has 0 bridgehead atoms. The van der Waals surface area contributed by atoms with Crippen LogP contribution in [-0.4, -0.2) is 11.2 Å². The zero-order chi connectivity index (χ0) is 15.4. The van der Waals surface area contributed by atoms with Crippen LogP contribution in [0.3, 0.4) is 0 Å². The number of carbonyl (C=O) groups excluding carboxylic acids is 1. The molecular weight excluding hydrogens is 290 g/mol. The molecule has 0 fully saturated rings. The number of anilines is 1. The standard InChI is InChI=1S/C19H17NOS/c1-14(22-18-9-3-2-4-10-18)19(21)20-17-12-11-15-7-5-6-8-16(15)13-17/h2-14H,1H3,(H,20,21)/t14-/m1/s1. The van der Waals surface area contributed by atoms with E-state index in [-0.39, 0.29) is 11.2 Å². The van der Waals surface area contributed by atoms with Gasteiger partial charge in [-0.3, -0.25) is 4.79 Å². The second kappa shape index (κ2) is 6.67. The molecule has 3 heteroatoms. The van der Waals surface area contributed by atoms with Crippen molar-refractivity contribution in [2.24, 2.45) is 0 Å². The van der Waals surface area contributed by atoms with Gasteiger partial charge in [0.15, 0.2) is 0 Å². The second-order valence-corrected chi connectivity index (χ2v) is 6.54. The molecule has 0 aromatic heterocycles. The van der Waals surface area contributed by atoms with E-state index in [0.29, 0.717) is 0 Å². The molecule has 3 aromatic rings. The van der Waals surface area contributed by atoms with Crippen LogP contribution < -0.4 is 5.32 Å². The van der Waals surface area contributed by atoms with Crippen molar-refractivity contribution < 1.29 is 4.79 Å². The first-order chi connectivity index (χ1) is 10.7. The molecule has 0 spiro atoms. The van der Waals surface area contributed by atoms with Gasteiger partial charge in [-0.1, -0.05) is 48.5 Å². The maximum Gasteiger partial charge on any atom is 0.237 e. The smallest absolute Gasteiger partial charge is 0.237 e. The largest absolute Gasteiger partial charge is 0.325 e. The summed E-state index contributed by atoms with van der Waals surface area (Å²) in [7, 11) is 0. The Morgan fingerprint density at radius 1 is 0.909 bits per heavy atom. The molecular formula is C19H17NOS. The van der Waals surface area contributed by atoms with E-state index in [1.54, 1.807) is 11.8 Å². The lowest BCUT2D eigenvalue weighted by Gasteiger charge is -2.12. The third-order valence-corrected chi connectivity index (χ3v) is 4.55. The topological polar surface area (TPSA) is 29.1 Å². The van der Waals surface area contributed by atoms with Crippen LogP contribution in [0.2, 0.25) is 0 Å². The molecule has 1 atom stereocenters. The average molecular weight is 307 g/mol. The zero-order valence-electron chi connectivity index (χ0n) is 12.3. The number of carbonyl (C=O) groups is 1. The van der Waals surface area contributed by atoms with Gasteiger partial charge in [-0.15, -0.1) is 11.8 Å². The summed E-state index contributed by atoms with van der Waals surface area (Å²) in [6.45, 7) is 1.92. The van der Waals surface area contributed by atoms with Crippen LogP contribution in [0, 0.1) is 0 Å². The highest BCUT2D eigenvalue weighted by Gasteiger charge is 2.14. The van der Waals surface area contributed by atoms with Gasteiger partial charge in [0.2, 0.25) is 5.91 Å². The van der Waals surface area contributed by atoms with Crippen LogP contribution >= 0.6 is 11.8 Å². The summed E-state index contributed by atoms with van der Waals surface area (Å²) in [4.78, 5) is 13.4. The van der Waals surface area contributed by atoms with Crippen molar-refractivity contribution in [3.8, 4) is 0 Å². The van der Waals surface area contributed by atoms with Crippen molar-refractivity contribution in [1.82, 2.24) is 0 Å². The summed E-state index contributed by atoms with van der Waals surface area (Å²) >= 11 is 1.56. The van der Waals surface area contributed by atoms with Crippen molar-refractivity contribution in [1.29, 1.82) is 0 Å². The number of hydrogen-bond donors (Lipinski definition) is 1. The lowest BCUT2D eigenvalue weighted by Crippen LogP contribution is -2.22. The van der Waals surface area contributed by atoms with E-state index in [1.807, 2.05) is 73.7 Å². The van der Waals surface area contributed by atoms with E-state index in [2.05, 4.69) is 11.4 Å². The maximum absolute atomic E-state index is 12.3. The molecule has 0 saturated heterocycles. The summed E-state index contributed by atoms with van der Waals surface area (Å²) < 4.78 is 0. The molecule has 0 aliphatic heterocycles. The summed E-state index contributed by atoms with van der Waals surface area (Å²) in [5, 5.41) is 5.15. The highest BCUT2D eigenvalue weighted by atomic mass is 32.2. The van der Waals surface area contributed by atoms with Crippen LogP contribution in [0.15, 0.2) is 77.7 Å². The Labute approximate surface area is 134 Å². The van der Waals surface area contributed by atoms with Crippen molar-refractivity contribution in [3.63, 3.8) is 0 Å². The minimum atomic E-state index is -0.145. The molecule has 0 heterocycles. The highest BCUT2D eigenvalue weighted by molar-refractivity contribution is 8.00. The van der Waals surface area contributed by atoms with Crippen LogP contribution in [0.4, 0.5) is 5.69 Å². The molecule has 1 amide bonds. The number of fused-ring (bicyclic) bond motifs is 1. The first kappa shape index (κ1) is 14.7. The summed E-state index contributed by atoms with van der Waals surface area (Å²) in [6, 6.07) is 24.1. The van der Waals surface area contributed by atoms with E-state index < -0.39 is 0 Å². The normalized spacial score (nSPS) is 12.0. The Morgan fingerprint density at radius 2 is 1.59 bits per heavy atom. The van der Waals surface area contributed by atoms with Crippen LogP contribution in [0.5, 0.6) is 0 Å². The third-order valence-electron chi connectivity index (χ3n) is 3.44. The van der Waals surface area contributed by atoms with Gasteiger partial charge >= 0.3 is 0 Å². The van der Waals surface area contributed by atoms with Crippen LogP contribution in [0.25, 0.3) is 10.8 Å². The first-order valence-electron chi connectivity index (χ1n) is 7.24. The Hall–Kier alpha value is -2.26. The Bertz CT molecular complexity index is 786. The zero-order valence-corrected chi connectivity index (χ0v) is 13.1. The van der Waals surface area contributed by atoms with E-state index in [9.17, 15) is 4.79 Å². The predicted octanol–water partition coefficient (Wildman–Crippen LogP) is 4.96. The van der Waals surface area contributed by atoms with E-state index in [4.69, 9.17) is 0 Å². The molecule has 0 aliphatic carbocycles. The predicted molar refractivity (Wildman–Crippen MR) is 94.3 cm³/mol. The average Bonchev–Trinajstić information content (AvgIpc) is 2.55. The summed E-state index contributed by atoms with van der Waals surface area (Å²) in [5.74, 6) is 0.0177. The van der Waals surface area contributed by atoms with Gasteiger partial charge in [-0.25, -0.2) is 0 Å². The van der Waals surface area contributed by atoms with Gasteiger partial charge in [0, 0.05) is 10.6 Å². The van der Waals surface area contributed by atoms with Crippen molar-refractivity contribution >= 4 is 34.1 Å². The Kier molecular flexibility index (Phi) is 4.45. The molecule has 0 unspecified atom stereocenters. The minimum Gasteiger partial charge on any atom is -0.325 e. The van der Waals surface area contributed by atoms with Gasteiger partial charge in [-0.2, -0.15) is 0 Å². The molecule has 3 rings (SSSR count). The molecule has 3 aromatic carbocycles. The van der Waals surface area contributed by atoms with Crippen LogP contribution in [0.1, 0.15) is 6.92 Å². The monoisotopic (exact) mass is 307 g/mol. The molecule has 110 valence electrons. The SMILES string of the molecule is C[C@@H](Sc1ccccc1)C(=O)Nc1ccc2ccccc2c1. The summed E-state index contributed by atoms with van der Waals surface area (Å²) in [6.07, 6.45) is 0. The maximum atomic E-state index is 12.3. The first-order valence-corrected chi connectivity index (χ1v) is 8.12. The van der Waals surface area contributed by atoms with Gasteiger partial charge in [0.05, 0.1) is 5.25 Å². The van der Waals surface area contributed by atoms with Crippen LogP contribution in [-0.2, 0) is 4.79 Å². The van der Waals surface area contributed by atoms with E-state index in [1.165, 1.54) is 5.39 Å². The lowest BCUT2D eigenvalue weighted by molar-refractivity contribution is -0.115. The molecule has 2 nitrogen and oxygen atoms in total. The van der Waals surface area contributed by atoms with E-state index >= 15 is 0 Å². The lowest BCUT2D eigenvalue weighted by atomic mass is 10.1. The number of rotatable bonds is 4. The van der Waals surface area contributed by atoms with Crippen molar-refractivity contribution in [2.75, 3.05) is 5.32 Å². The highest BCUT2D eigenvalue weighted by Crippen LogP contribution is 2.24. The molecule has 22 heavy (non-hydrogen) atoms. The van der Waals surface area contributed by atoms with Crippen molar-refractivity contribution in [2.45, 2.75) is 17.1 Å². The quantitative estimate of drug-likeness (QED) is 0.690. The van der Waals surface area contributed by atoms with Gasteiger partial charge in [0.25, 0.3) is 0 Å². The van der Waals surface area contributed by atoms with Gasteiger partial charge in [0.1, 0.15) is 0 Å². The second-order valence-electron chi connectivity index (χ2n) is 5.12. The Balaban J connectivity index is 1.69. The number of hydrogen-bond acceptors (Lipinski definition) is 2. The Morgan fingerprint density at radius 3 is 2.36 bits per heavy atom. The molecule has 0 radical (unpaired) electrons. The molecule has 0 aliphatic rings. The third kappa shape index (κ3) is 3.49.